The molecule has 5 heteroatoms. The second kappa shape index (κ2) is 4.46. The average molecular weight is 221 g/mol. The molecule has 4 nitrogen and oxygen atoms in total. The molecule has 0 amide bonds. The number of hydrogen-bond acceptors (Lipinski definition) is 4. The highest BCUT2D eigenvalue weighted by atomic mass is 32.2. The van der Waals surface area contributed by atoms with Crippen molar-refractivity contribution in [3.8, 4) is 0 Å². The van der Waals surface area contributed by atoms with Crippen LogP contribution < -0.4 is 0 Å². The molecule has 0 atom stereocenters. The minimum Gasteiger partial charge on any atom is -0.392 e. The summed E-state index contributed by atoms with van der Waals surface area (Å²) in [6.45, 7) is 0.0104. The Morgan fingerprint density at radius 2 is 2.40 bits per heavy atom. The number of nitrogens with zero attached hydrogens (tertiary/aromatic N) is 3. The van der Waals surface area contributed by atoms with Gasteiger partial charge in [0, 0.05) is 25.0 Å². The first-order chi connectivity index (χ1) is 7.29. The maximum absolute atomic E-state index is 9.13. The Balaban J connectivity index is 2.23. The van der Waals surface area contributed by atoms with E-state index in [1.54, 1.807) is 17.1 Å². The second-order valence-electron chi connectivity index (χ2n) is 3.08. The van der Waals surface area contributed by atoms with E-state index in [1.165, 1.54) is 11.8 Å². The summed E-state index contributed by atoms with van der Waals surface area (Å²) in [7, 11) is 1.87. The molecular weight excluding hydrogens is 210 g/mol. The summed E-state index contributed by atoms with van der Waals surface area (Å²) in [5, 5.41) is 14.0. The highest BCUT2D eigenvalue weighted by Gasteiger charge is 2.05. The van der Waals surface area contributed by atoms with E-state index in [1.807, 2.05) is 25.4 Å². The van der Waals surface area contributed by atoms with Crippen LogP contribution in [0.1, 0.15) is 5.56 Å². The van der Waals surface area contributed by atoms with Crippen LogP contribution in [-0.2, 0) is 13.7 Å². The summed E-state index contributed by atoms with van der Waals surface area (Å²) in [6, 6.07) is 3.69. The SMILES string of the molecule is Cn1cc(Sc2ncccc2CO)cn1. The summed E-state index contributed by atoms with van der Waals surface area (Å²) in [5.41, 5.74) is 0.839. The van der Waals surface area contributed by atoms with Crippen LogP contribution in [0.3, 0.4) is 0 Å². The average Bonchev–Trinajstić information content (AvgIpc) is 2.65. The van der Waals surface area contributed by atoms with E-state index in [4.69, 9.17) is 5.11 Å². The van der Waals surface area contributed by atoms with E-state index in [0.29, 0.717) is 0 Å². The molecule has 0 saturated heterocycles. The Morgan fingerprint density at radius 3 is 3.07 bits per heavy atom. The largest absolute Gasteiger partial charge is 0.392 e. The molecule has 0 aliphatic carbocycles. The van der Waals surface area contributed by atoms with Gasteiger partial charge in [0.05, 0.1) is 17.7 Å². The standard InChI is InChI=1S/C10H11N3OS/c1-13-6-9(5-12-13)15-10-8(7-14)3-2-4-11-10/h2-6,14H,7H2,1H3. The van der Waals surface area contributed by atoms with E-state index in [9.17, 15) is 0 Å². The Labute approximate surface area is 92.0 Å². The molecule has 1 N–H and O–H groups in total. The van der Waals surface area contributed by atoms with Gasteiger partial charge in [-0.2, -0.15) is 5.10 Å². The Kier molecular flexibility index (Phi) is 3.03. The van der Waals surface area contributed by atoms with E-state index in [0.717, 1.165) is 15.5 Å². The highest BCUT2D eigenvalue weighted by molar-refractivity contribution is 7.99. The topological polar surface area (TPSA) is 50.9 Å². The van der Waals surface area contributed by atoms with Crippen molar-refractivity contribution in [1.29, 1.82) is 0 Å². The van der Waals surface area contributed by atoms with E-state index >= 15 is 0 Å². The zero-order chi connectivity index (χ0) is 10.7. The third kappa shape index (κ3) is 2.37. The Bertz CT molecular complexity index is 455. The molecule has 0 spiro atoms. The van der Waals surface area contributed by atoms with E-state index < -0.39 is 0 Å². The summed E-state index contributed by atoms with van der Waals surface area (Å²) in [5.74, 6) is 0. The molecule has 2 rings (SSSR count). The third-order valence-corrected chi connectivity index (χ3v) is 2.92. The fourth-order valence-corrected chi connectivity index (χ4v) is 2.11. The quantitative estimate of drug-likeness (QED) is 0.852. The van der Waals surface area contributed by atoms with Gasteiger partial charge >= 0.3 is 0 Å². The number of pyridine rings is 1. The molecule has 0 radical (unpaired) electrons. The molecule has 2 aromatic rings. The van der Waals surface area contributed by atoms with Crippen molar-refractivity contribution in [3.63, 3.8) is 0 Å². The van der Waals surface area contributed by atoms with E-state index in [-0.39, 0.29) is 6.61 Å². The lowest BCUT2D eigenvalue weighted by molar-refractivity contribution is 0.278. The number of rotatable bonds is 3. The van der Waals surface area contributed by atoms with Crippen LogP contribution >= 0.6 is 11.8 Å². The molecule has 0 bridgehead atoms. The van der Waals surface area contributed by atoms with Crippen LogP contribution in [0.2, 0.25) is 0 Å². The molecule has 2 heterocycles. The maximum Gasteiger partial charge on any atom is 0.106 e. The molecule has 0 aliphatic rings. The monoisotopic (exact) mass is 221 g/mol. The summed E-state index contributed by atoms with van der Waals surface area (Å²) in [4.78, 5) is 5.24. The van der Waals surface area contributed by atoms with Crippen molar-refractivity contribution in [2.45, 2.75) is 16.5 Å². The molecule has 0 fully saturated rings. The number of aliphatic hydroxyl groups excluding tert-OH is 1. The van der Waals surface area contributed by atoms with Gasteiger partial charge in [-0.25, -0.2) is 4.98 Å². The lowest BCUT2D eigenvalue weighted by Gasteiger charge is -2.02. The van der Waals surface area contributed by atoms with Gasteiger partial charge in [-0.05, 0) is 6.07 Å². The molecule has 2 aromatic heterocycles. The van der Waals surface area contributed by atoms with Gasteiger partial charge in [-0.1, -0.05) is 17.8 Å². The summed E-state index contributed by atoms with van der Waals surface area (Å²) in [6.07, 6.45) is 5.42. The number of hydrogen-bond donors (Lipinski definition) is 1. The first-order valence-electron chi connectivity index (χ1n) is 4.51. The van der Waals surface area contributed by atoms with Crippen LogP contribution in [0.15, 0.2) is 40.6 Å². The van der Waals surface area contributed by atoms with Crippen molar-refractivity contribution < 1.29 is 5.11 Å². The van der Waals surface area contributed by atoms with Crippen LogP contribution in [0, 0.1) is 0 Å². The smallest absolute Gasteiger partial charge is 0.106 e. The van der Waals surface area contributed by atoms with Gasteiger partial charge in [0.1, 0.15) is 5.03 Å². The van der Waals surface area contributed by atoms with Crippen LogP contribution in [0.4, 0.5) is 0 Å². The zero-order valence-corrected chi connectivity index (χ0v) is 9.11. The van der Waals surface area contributed by atoms with Crippen LogP contribution in [-0.4, -0.2) is 19.9 Å². The fraction of sp³-hybridized carbons (Fsp3) is 0.200. The fourth-order valence-electron chi connectivity index (χ4n) is 1.20. The first-order valence-corrected chi connectivity index (χ1v) is 5.32. The molecular formula is C10H11N3OS. The minimum atomic E-state index is 0.0104. The van der Waals surface area contributed by atoms with Crippen LogP contribution in [0.25, 0.3) is 0 Å². The normalized spacial score (nSPS) is 10.5. The molecule has 0 aliphatic heterocycles. The molecule has 0 unspecified atom stereocenters. The minimum absolute atomic E-state index is 0.0104. The predicted molar refractivity (Wildman–Crippen MR) is 57.5 cm³/mol. The lowest BCUT2D eigenvalue weighted by atomic mass is 10.3. The first kappa shape index (κ1) is 10.2. The second-order valence-corrected chi connectivity index (χ2v) is 4.14. The number of aliphatic hydroxyl groups is 1. The molecule has 0 aromatic carbocycles. The van der Waals surface area contributed by atoms with Crippen molar-refractivity contribution in [2.75, 3.05) is 0 Å². The molecule has 0 saturated carbocycles. The van der Waals surface area contributed by atoms with Crippen molar-refractivity contribution in [2.24, 2.45) is 7.05 Å². The van der Waals surface area contributed by atoms with Crippen molar-refractivity contribution in [1.82, 2.24) is 14.8 Å². The number of aryl methyl sites for hydroxylation is 1. The summed E-state index contributed by atoms with van der Waals surface area (Å²) >= 11 is 1.51. The van der Waals surface area contributed by atoms with E-state index in [2.05, 4.69) is 10.1 Å². The molecule has 78 valence electrons. The van der Waals surface area contributed by atoms with Gasteiger partial charge in [0.25, 0.3) is 0 Å². The Hall–Kier alpha value is -1.33. The summed E-state index contributed by atoms with van der Waals surface area (Å²) < 4.78 is 1.74. The maximum atomic E-state index is 9.13. The third-order valence-electron chi connectivity index (χ3n) is 1.92. The van der Waals surface area contributed by atoms with Gasteiger partial charge < -0.3 is 5.11 Å². The van der Waals surface area contributed by atoms with Gasteiger partial charge in [0.15, 0.2) is 0 Å². The molecule has 15 heavy (non-hydrogen) atoms. The Morgan fingerprint density at radius 1 is 1.53 bits per heavy atom. The van der Waals surface area contributed by atoms with Gasteiger partial charge in [0.2, 0.25) is 0 Å². The zero-order valence-electron chi connectivity index (χ0n) is 8.29. The predicted octanol–water partition coefficient (Wildman–Crippen LogP) is 1.46. The highest BCUT2D eigenvalue weighted by Crippen LogP contribution is 2.27. The van der Waals surface area contributed by atoms with Crippen molar-refractivity contribution in [3.05, 3.63) is 36.3 Å². The van der Waals surface area contributed by atoms with Gasteiger partial charge in [-0.3, -0.25) is 4.68 Å². The number of aromatic nitrogens is 3. The van der Waals surface area contributed by atoms with Crippen molar-refractivity contribution >= 4 is 11.8 Å². The lowest BCUT2D eigenvalue weighted by Crippen LogP contribution is -1.89. The van der Waals surface area contributed by atoms with Crippen LogP contribution in [0.5, 0.6) is 0 Å². The van der Waals surface area contributed by atoms with Gasteiger partial charge in [-0.15, -0.1) is 0 Å².